The first-order chi connectivity index (χ1) is 72.7. The van der Waals surface area contributed by atoms with E-state index in [4.69, 9.17) is 140 Å². The van der Waals surface area contributed by atoms with Gasteiger partial charge in [0.15, 0.2) is 5.60 Å². The number of alkyl halides is 3. The molecule has 2 aromatic heterocycles. The van der Waals surface area contributed by atoms with Crippen LogP contribution in [0.2, 0.25) is 0 Å². The number of hydrogen-bond donors (Lipinski definition) is 8. The van der Waals surface area contributed by atoms with Crippen molar-refractivity contribution in [2.75, 3.05) is 343 Å². The van der Waals surface area contributed by atoms with Gasteiger partial charge < -0.3 is 181 Å². The van der Waals surface area contributed by atoms with Crippen LogP contribution in [-0.2, 0) is 190 Å². The van der Waals surface area contributed by atoms with Crippen molar-refractivity contribution in [3.8, 4) is 11.4 Å². The van der Waals surface area contributed by atoms with Crippen LogP contribution in [0.4, 0.5) is 37.6 Å². The van der Waals surface area contributed by atoms with Crippen LogP contribution in [0.3, 0.4) is 0 Å². The summed E-state index contributed by atoms with van der Waals surface area (Å²) in [7, 11) is 1.55. The number of benzene rings is 2. The van der Waals surface area contributed by atoms with Gasteiger partial charge in [0.25, 0.3) is 5.56 Å². The average Bonchev–Trinajstić information content (AvgIpc) is 1.53. The van der Waals surface area contributed by atoms with Crippen molar-refractivity contribution in [3.63, 3.8) is 0 Å². The Morgan fingerprint density at radius 2 is 0.947 bits per heavy atom. The van der Waals surface area contributed by atoms with Gasteiger partial charge in [0.05, 0.1) is 365 Å². The number of carbonyl (C=O) groups excluding carboxylic acids is 8. The molecule has 7 rings (SSSR count). The number of carbonyl (C=O) groups is 8. The molecule has 1 aliphatic carbocycles. The number of ether oxygens (including phenoxy) is 27. The Morgan fingerprint density at radius 3 is 1.34 bits per heavy atom. The second-order valence-corrected chi connectivity index (χ2v) is 34.2. The number of nitrogens with two attached hydrogens (primary N) is 2. The Morgan fingerprint density at radius 1 is 0.540 bits per heavy atom. The number of alkyl carbamates (subject to hydrolysis) is 1. The van der Waals surface area contributed by atoms with Gasteiger partial charge >= 0.3 is 42.2 Å². The van der Waals surface area contributed by atoms with Crippen molar-refractivity contribution >= 4 is 64.5 Å². The quantitative estimate of drug-likeness (QED) is 0.00900. The third kappa shape index (κ3) is 50.4. The number of hydrogen-bond acceptors (Lipinski definition) is 39. The molecule has 150 heavy (non-hydrogen) atoms. The van der Waals surface area contributed by atoms with Gasteiger partial charge in [-0.25, -0.2) is 33.3 Å². The van der Waals surface area contributed by atoms with Gasteiger partial charge in [-0.2, -0.15) is 13.2 Å². The number of primary amides is 1. The van der Waals surface area contributed by atoms with Crippen LogP contribution < -0.4 is 43.6 Å². The summed E-state index contributed by atoms with van der Waals surface area (Å²) >= 11 is 0. The number of rotatable bonds is 90. The normalized spacial score (nSPS) is 14.5. The number of amides is 7. The second-order valence-electron chi connectivity index (χ2n) is 34.2. The zero-order valence-corrected chi connectivity index (χ0v) is 86.8. The third-order valence-corrected chi connectivity index (χ3v) is 22.8. The number of cyclic esters (lactones) is 1. The largest absolute Gasteiger partial charge is 0.491 e. The lowest BCUT2D eigenvalue weighted by Gasteiger charge is -2.31. The molecular formula is C99H154F4N10O37. The monoisotopic (exact) mass is 2150 g/mol. The lowest BCUT2D eigenvalue weighted by atomic mass is 9.81. The Bertz CT molecular complexity index is 4620. The van der Waals surface area contributed by atoms with E-state index in [0.29, 0.717) is 334 Å². The molecule has 2 aromatic carbocycles. The van der Waals surface area contributed by atoms with Crippen LogP contribution in [0.1, 0.15) is 103 Å². The van der Waals surface area contributed by atoms with Gasteiger partial charge in [0.2, 0.25) is 11.8 Å². The molecular weight excluding hydrogens is 2000 g/mol. The van der Waals surface area contributed by atoms with E-state index in [2.05, 4.69) is 31.3 Å². The van der Waals surface area contributed by atoms with Crippen molar-refractivity contribution in [1.82, 2.24) is 35.7 Å². The molecule has 3 aliphatic rings. The maximum Gasteiger partial charge on any atom is 0.491 e. The topological polar surface area (TPSA) is 556 Å². The molecule has 0 radical (unpaired) electrons. The Balaban J connectivity index is 0.592. The minimum atomic E-state index is -5.23. The molecule has 51 heteroatoms. The van der Waals surface area contributed by atoms with Crippen molar-refractivity contribution in [2.45, 2.75) is 122 Å². The Labute approximate surface area is 870 Å². The summed E-state index contributed by atoms with van der Waals surface area (Å²) in [5, 5.41) is 26.1. The first-order valence-corrected chi connectivity index (χ1v) is 50.7. The van der Waals surface area contributed by atoms with Crippen LogP contribution >= 0.6 is 0 Å². The number of urea groups is 2. The summed E-state index contributed by atoms with van der Waals surface area (Å²) in [5.41, 5.74) is 13.5. The molecule has 850 valence electrons. The zero-order chi connectivity index (χ0) is 108. The van der Waals surface area contributed by atoms with Crippen molar-refractivity contribution in [2.24, 2.45) is 17.4 Å². The highest BCUT2D eigenvalue weighted by Crippen LogP contribution is 2.46. The Kier molecular flexibility index (Phi) is 65.1. The minimum Gasteiger partial charge on any atom is -0.458 e. The number of fused-ring (bicyclic) bond motifs is 5. The molecule has 0 saturated carbocycles. The molecule has 7 amide bonds. The number of esters is 3. The smallest absolute Gasteiger partial charge is 0.458 e. The maximum absolute atomic E-state index is 15.7. The molecule has 4 atom stereocenters. The molecule has 0 spiro atoms. The van der Waals surface area contributed by atoms with Crippen LogP contribution in [0, 0.1) is 18.7 Å². The fourth-order valence-corrected chi connectivity index (χ4v) is 14.8. The predicted molar refractivity (Wildman–Crippen MR) is 527 cm³/mol. The average molecular weight is 2150 g/mol. The van der Waals surface area contributed by atoms with Crippen LogP contribution in [0.25, 0.3) is 22.3 Å². The number of aromatic nitrogens is 2. The number of aliphatic hydroxyl groups is 1. The number of halogens is 4. The maximum atomic E-state index is 15.7. The lowest BCUT2D eigenvalue weighted by molar-refractivity contribution is -0.202. The van der Waals surface area contributed by atoms with Gasteiger partial charge in [0.1, 0.15) is 25.1 Å². The standard InChI is InChI=1S/C99H154F4N10O37/c1-6-98(123)79-65-84-89-77(68-113(84)92(117)78(79)70-148-93(98)118)87-81(12-11-76-72(4)80(100)66-83(109-89)86(76)87)111-97(122)149-69-73-9-10-75(108-90(115)82(8-7-14-106-95(105)120)110-91(116)88(104)71(2)3)64-74(73)67-112(5)96(121)107-15-17-125-19-21-127-23-25-129-27-29-131-31-33-133-35-37-135-39-41-137-43-45-139-47-49-141-51-53-143-55-57-145-59-61-147-63-62-146-60-58-144-56-54-142-52-50-140-48-46-138-44-42-136-40-38-134-36-34-132-32-30-130-28-26-128-24-22-126-20-18-124-16-13-85(114)150-94(119)99(101,102)103/h9-10,64-66,71,81-82,88,123H,6-8,11-63,67-70,104H2,1-5H3,(H,107,121)(H,108,115)(H,110,116)(H,111,122)(H3,105,106,120)/t81-,82-,88-,98-/m0/s1. The highest BCUT2D eigenvalue weighted by atomic mass is 19.4. The summed E-state index contributed by atoms with van der Waals surface area (Å²) in [6, 6.07) is 3.68. The van der Waals surface area contributed by atoms with Crippen molar-refractivity contribution in [3.05, 3.63) is 91.0 Å². The lowest BCUT2D eigenvalue weighted by Crippen LogP contribution is -2.51. The van der Waals surface area contributed by atoms with E-state index in [1.54, 1.807) is 59.0 Å². The van der Waals surface area contributed by atoms with E-state index in [9.17, 15) is 61.4 Å². The van der Waals surface area contributed by atoms with Crippen LogP contribution in [-0.4, -0.2) is 423 Å². The van der Waals surface area contributed by atoms with Crippen molar-refractivity contribution in [1.29, 1.82) is 0 Å². The second kappa shape index (κ2) is 76.4. The summed E-state index contributed by atoms with van der Waals surface area (Å²) in [4.78, 5) is 122. The molecule has 10 N–H and O–H groups in total. The summed E-state index contributed by atoms with van der Waals surface area (Å²) < 4.78 is 201. The molecule has 2 aliphatic heterocycles. The summed E-state index contributed by atoms with van der Waals surface area (Å²) in [6.07, 6.45) is -5.63. The number of aryl methyl sites for hydroxylation is 1. The van der Waals surface area contributed by atoms with E-state index in [-0.39, 0.29) is 133 Å². The molecule has 0 unspecified atom stereocenters. The van der Waals surface area contributed by atoms with Gasteiger partial charge in [-0.15, -0.1) is 0 Å². The fraction of sp³-hybridized carbons (Fsp3) is 0.717. The predicted octanol–water partition coefficient (Wildman–Crippen LogP) is 3.86. The molecule has 0 bridgehead atoms. The van der Waals surface area contributed by atoms with Gasteiger partial charge in [0, 0.05) is 54.9 Å². The van der Waals surface area contributed by atoms with E-state index in [1.165, 1.54) is 15.5 Å². The molecule has 0 saturated heterocycles. The Hall–Kier alpha value is -9.16. The summed E-state index contributed by atoms with van der Waals surface area (Å²) in [6.45, 7) is 24.2. The fourth-order valence-electron chi connectivity index (χ4n) is 14.8. The van der Waals surface area contributed by atoms with Gasteiger partial charge in [-0.1, -0.05) is 26.8 Å². The highest BCUT2D eigenvalue weighted by Gasteiger charge is 2.47. The number of nitrogens with one attached hydrogen (secondary N) is 5. The molecule has 4 aromatic rings. The van der Waals surface area contributed by atoms with E-state index in [1.807, 2.05) is 0 Å². The van der Waals surface area contributed by atoms with Crippen molar-refractivity contribution < 1.29 is 189 Å². The highest BCUT2D eigenvalue weighted by molar-refractivity contribution is 5.98. The van der Waals surface area contributed by atoms with Gasteiger partial charge in [-0.3, -0.25) is 19.2 Å². The number of nitrogens with zero attached hydrogens (tertiary/aromatic N) is 3. The number of pyridine rings is 2. The minimum absolute atomic E-state index is 0.0116. The number of anilines is 1. The zero-order valence-electron chi connectivity index (χ0n) is 86.8. The van der Waals surface area contributed by atoms with E-state index in [0.717, 1.165) is 0 Å². The molecule has 4 heterocycles. The first kappa shape index (κ1) is 128. The van der Waals surface area contributed by atoms with E-state index < -0.39 is 95.6 Å². The molecule has 47 nitrogen and oxygen atoms in total. The van der Waals surface area contributed by atoms with Crippen LogP contribution in [0.15, 0.2) is 35.1 Å². The molecule has 0 fully saturated rings. The summed E-state index contributed by atoms with van der Waals surface area (Å²) in [5.74, 6) is -6.68. The van der Waals surface area contributed by atoms with Crippen LogP contribution in [0.5, 0.6) is 0 Å². The van der Waals surface area contributed by atoms with E-state index >= 15 is 4.39 Å². The third-order valence-electron chi connectivity index (χ3n) is 22.8. The first-order valence-electron chi connectivity index (χ1n) is 50.7. The van der Waals surface area contributed by atoms with Gasteiger partial charge in [-0.05, 0) is 91.0 Å². The SMILES string of the molecule is CC[C@@]1(O)C(=O)OCc2c1cc1n(c2=O)Cc2c-1nc1cc(F)c(C)c3c1c2[C@@H](NC(=O)OCc1ccc(NC(=O)[C@H](CCCNC(N)=O)NC(=O)[C@@H](N)C(C)C)cc1CN(C)C(=O)NCCOCCOCCOCCOCCOCCOCCOCCOCCOCCOCCOCCOCCOCCOCCOCCOCCOCCOCCOCCOCCOCCOCCOCCOCCC(=O)OC(=O)C(F)(F)F)CC3.